The molecule has 1 saturated heterocycles. The lowest BCUT2D eigenvalue weighted by molar-refractivity contribution is -0.125. The first-order valence-electron chi connectivity index (χ1n) is 14.3. The van der Waals surface area contributed by atoms with Crippen molar-refractivity contribution in [2.45, 2.75) is 38.0 Å². The highest BCUT2D eigenvalue weighted by atomic mass is 35.5. The molecule has 2 aliphatic rings. The first kappa shape index (κ1) is 28.1. The van der Waals surface area contributed by atoms with Gasteiger partial charge in [0.15, 0.2) is 11.5 Å². The van der Waals surface area contributed by atoms with E-state index in [4.69, 9.17) is 25.8 Å². The summed E-state index contributed by atoms with van der Waals surface area (Å²) in [5.41, 5.74) is 3.31. The fourth-order valence-electron chi connectivity index (χ4n) is 5.52. The first-order valence-corrected chi connectivity index (χ1v) is 14.7. The molecule has 0 unspecified atom stereocenters. The molecule has 2 N–H and O–H groups in total. The Morgan fingerprint density at radius 2 is 1.67 bits per heavy atom. The maximum absolute atomic E-state index is 13.5. The number of nitrogens with one attached hydrogen (secondary N) is 2. The van der Waals surface area contributed by atoms with Crippen LogP contribution in [0.5, 0.6) is 23.0 Å². The SMILES string of the molecule is O=C(NCCc1ccc2c(c1)OCO2)[C@@H]1C[C@@H](NCc2cccc(Oc3ccccc3)c2)CN1Cc1cccc(Cl)c1. The minimum absolute atomic E-state index is 0.0420. The zero-order valence-electron chi connectivity index (χ0n) is 23.3. The number of hydrogen-bond donors (Lipinski definition) is 2. The Labute approximate surface area is 251 Å². The van der Waals surface area contributed by atoms with Crippen molar-refractivity contribution in [1.82, 2.24) is 15.5 Å². The molecule has 8 heteroatoms. The van der Waals surface area contributed by atoms with E-state index in [1.807, 2.05) is 78.9 Å². The highest BCUT2D eigenvalue weighted by Gasteiger charge is 2.36. The average Bonchev–Trinajstić information content (AvgIpc) is 3.63. The van der Waals surface area contributed by atoms with Crippen molar-refractivity contribution in [3.05, 3.63) is 119 Å². The van der Waals surface area contributed by atoms with Gasteiger partial charge in [-0.3, -0.25) is 9.69 Å². The van der Waals surface area contributed by atoms with Gasteiger partial charge in [0.1, 0.15) is 11.5 Å². The molecule has 0 spiro atoms. The molecule has 1 amide bonds. The van der Waals surface area contributed by atoms with E-state index >= 15 is 0 Å². The summed E-state index contributed by atoms with van der Waals surface area (Å²) in [6.45, 7) is 2.89. The number of benzene rings is 4. The molecule has 0 aliphatic carbocycles. The summed E-state index contributed by atoms with van der Waals surface area (Å²) in [6, 6.07) is 31.6. The summed E-state index contributed by atoms with van der Waals surface area (Å²) in [4.78, 5) is 15.7. The lowest BCUT2D eigenvalue weighted by Crippen LogP contribution is -2.43. The van der Waals surface area contributed by atoms with E-state index in [-0.39, 0.29) is 24.8 Å². The Balaban J connectivity index is 1.07. The van der Waals surface area contributed by atoms with Crippen LogP contribution in [-0.2, 0) is 24.3 Å². The number of amides is 1. The number of likely N-dealkylation sites (tertiary alicyclic amines) is 1. The van der Waals surface area contributed by atoms with Crippen molar-refractivity contribution in [3.8, 4) is 23.0 Å². The van der Waals surface area contributed by atoms with Gasteiger partial charge in [-0.2, -0.15) is 0 Å². The molecule has 1 fully saturated rings. The normalized spacial score (nSPS) is 17.7. The largest absolute Gasteiger partial charge is 0.457 e. The summed E-state index contributed by atoms with van der Waals surface area (Å²) >= 11 is 6.26. The number of ether oxygens (including phenoxy) is 3. The molecule has 2 aliphatic heterocycles. The van der Waals surface area contributed by atoms with Crippen molar-refractivity contribution in [3.63, 3.8) is 0 Å². The molecule has 0 radical (unpaired) electrons. The number of nitrogens with zero attached hydrogens (tertiary/aromatic N) is 1. The van der Waals surface area contributed by atoms with Gasteiger partial charge in [0.25, 0.3) is 0 Å². The maximum atomic E-state index is 13.5. The van der Waals surface area contributed by atoms with Crippen molar-refractivity contribution < 1.29 is 19.0 Å². The van der Waals surface area contributed by atoms with Gasteiger partial charge in [0.2, 0.25) is 12.7 Å². The second-order valence-electron chi connectivity index (χ2n) is 10.7. The lowest BCUT2D eigenvalue weighted by atomic mass is 10.1. The fraction of sp³-hybridized carbons (Fsp3) is 0.265. The van der Waals surface area contributed by atoms with Crippen molar-refractivity contribution in [1.29, 1.82) is 0 Å². The summed E-state index contributed by atoms with van der Waals surface area (Å²) in [5.74, 6) is 3.17. The molecule has 2 heterocycles. The predicted octanol–water partition coefficient (Wildman–Crippen LogP) is 5.95. The van der Waals surface area contributed by atoms with Gasteiger partial charge < -0.3 is 24.8 Å². The highest BCUT2D eigenvalue weighted by molar-refractivity contribution is 6.30. The molecule has 216 valence electrons. The van der Waals surface area contributed by atoms with Crippen LogP contribution in [-0.4, -0.2) is 42.8 Å². The Morgan fingerprint density at radius 1 is 0.857 bits per heavy atom. The second kappa shape index (κ2) is 13.3. The van der Waals surface area contributed by atoms with Crippen LogP contribution in [0.25, 0.3) is 0 Å². The van der Waals surface area contributed by atoms with Crippen LogP contribution in [0.3, 0.4) is 0 Å². The van der Waals surface area contributed by atoms with Gasteiger partial charge in [-0.25, -0.2) is 0 Å². The van der Waals surface area contributed by atoms with Gasteiger partial charge >= 0.3 is 0 Å². The molecule has 7 nitrogen and oxygen atoms in total. The summed E-state index contributed by atoms with van der Waals surface area (Å²) in [6.07, 6.45) is 1.43. The Hall–Kier alpha value is -4.04. The smallest absolute Gasteiger partial charge is 0.237 e. The standard InChI is InChI=1S/C34H34ClN3O4/c35-27-8-4-7-26(16-27)21-38-22-28(37-20-25-6-5-11-30(17-25)42-29-9-2-1-3-10-29)19-31(38)34(39)36-15-14-24-12-13-32-33(18-24)41-23-40-32/h1-13,16-18,28,31,37H,14-15,19-23H2,(H,36,39)/t28-,31+/m1/s1. The molecule has 6 rings (SSSR count). The van der Waals surface area contributed by atoms with Crippen LogP contribution in [0.1, 0.15) is 23.1 Å². The fourth-order valence-corrected chi connectivity index (χ4v) is 5.73. The number of carbonyl (C=O) groups excluding carboxylic acids is 1. The topological polar surface area (TPSA) is 72.1 Å². The zero-order valence-corrected chi connectivity index (χ0v) is 24.1. The van der Waals surface area contributed by atoms with E-state index in [2.05, 4.69) is 33.7 Å². The van der Waals surface area contributed by atoms with Crippen molar-refractivity contribution in [2.24, 2.45) is 0 Å². The van der Waals surface area contributed by atoms with E-state index < -0.39 is 0 Å². The van der Waals surface area contributed by atoms with E-state index in [0.29, 0.717) is 31.1 Å². The van der Waals surface area contributed by atoms with Crippen molar-refractivity contribution >= 4 is 17.5 Å². The number of hydrogen-bond acceptors (Lipinski definition) is 6. The minimum atomic E-state index is -0.244. The Bertz CT molecular complexity index is 1520. The highest BCUT2D eigenvalue weighted by Crippen LogP contribution is 2.32. The minimum Gasteiger partial charge on any atom is -0.457 e. The molecule has 0 aromatic heterocycles. The van der Waals surface area contributed by atoms with E-state index in [1.54, 1.807) is 0 Å². The third-order valence-corrected chi connectivity index (χ3v) is 7.84. The van der Waals surface area contributed by atoms with Crippen LogP contribution in [0.2, 0.25) is 5.02 Å². The summed E-state index contributed by atoms with van der Waals surface area (Å²) in [5, 5.41) is 7.55. The number of fused-ring (bicyclic) bond motifs is 1. The second-order valence-corrected chi connectivity index (χ2v) is 11.1. The first-order chi connectivity index (χ1) is 20.6. The molecule has 4 aromatic rings. The van der Waals surface area contributed by atoms with Crippen LogP contribution < -0.4 is 24.8 Å². The van der Waals surface area contributed by atoms with Crippen molar-refractivity contribution in [2.75, 3.05) is 19.9 Å². The average molecular weight is 584 g/mol. The number of rotatable bonds is 11. The van der Waals surface area contributed by atoms with E-state index in [9.17, 15) is 4.79 Å². The van der Waals surface area contributed by atoms with Gasteiger partial charge in [-0.15, -0.1) is 0 Å². The van der Waals surface area contributed by atoms with Crippen LogP contribution >= 0.6 is 11.6 Å². The van der Waals surface area contributed by atoms with Gasteiger partial charge in [0.05, 0.1) is 6.04 Å². The van der Waals surface area contributed by atoms with Crippen LogP contribution in [0.15, 0.2) is 97.1 Å². The number of halogens is 1. The Kier molecular flexibility index (Phi) is 8.89. The molecular formula is C34H34ClN3O4. The summed E-state index contributed by atoms with van der Waals surface area (Å²) in [7, 11) is 0. The van der Waals surface area contributed by atoms with Gasteiger partial charge in [0, 0.05) is 37.2 Å². The molecule has 4 aromatic carbocycles. The third-order valence-electron chi connectivity index (χ3n) is 7.60. The monoisotopic (exact) mass is 583 g/mol. The molecular weight excluding hydrogens is 550 g/mol. The van der Waals surface area contributed by atoms with Crippen LogP contribution in [0, 0.1) is 0 Å². The van der Waals surface area contributed by atoms with E-state index in [0.717, 1.165) is 52.7 Å². The molecule has 42 heavy (non-hydrogen) atoms. The predicted molar refractivity (Wildman–Crippen MR) is 163 cm³/mol. The van der Waals surface area contributed by atoms with Gasteiger partial charge in [-0.1, -0.05) is 60.1 Å². The molecule has 0 bridgehead atoms. The molecule has 2 atom stereocenters. The van der Waals surface area contributed by atoms with Crippen LogP contribution in [0.4, 0.5) is 0 Å². The maximum Gasteiger partial charge on any atom is 0.237 e. The van der Waals surface area contributed by atoms with Gasteiger partial charge in [-0.05, 0) is 78.1 Å². The lowest BCUT2D eigenvalue weighted by Gasteiger charge is -2.23. The Morgan fingerprint density at radius 3 is 2.55 bits per heavy atom. The number of para-hydroxylation sites is 1. The third kappa shape index (κ3) is 7.23. The quantitative estimate of drug-likeness (QED) is 0.227. The molecule has 0 saturated carbocycles. The van der Waals surface area contributed by atoms with E-state index in [1.165, 1.54) is 0 Å². The number of carbonyl (C=O) groups is 1. The zero-order chi connectivity index (χ0) is 28.7. The summed E-state index contributed by atoms with van der Waals surface area (Å²) < 4.78 is 16.9.